The fraction of sp³-hybridized carbons (Fsp3) is 0.533. The van der Waals surface area contributed by atoms with E-state index in [-0.39, 0.29) is 6.10 Å². The van der Waals surface area contributed by atoms with Gasteiger partial charge in [0.2, 0.25) is 0 Å². The molecule has 0 aliphatic carbocycles. The van der Waals surface area contributed by atoms with Crippen LogP contribution >= 0.6 is 11.8 Å². The maximum atomic E-state index is 5.90. The summed E-state index contributed by atoms with van der Waals surface area (Å²) in [7, 11) is 1.80. The van der Waals surface area contributed by atoms with Gasteiger partial charge in [-0.25, -0.2) is 0 Å². The van der Waals surface area contributed by atoms with Crippen molar-refractivity contribution in [1.82, 2.24) is 10.6 Å². The van der Waals surface area contributed by atoms with Gasteiger partial charge in [-0.15, -0.1) is 0 Å². The highest BCUT2D eigenvalue weighted by molar-refractivity contribution is 7.98. The zero-order valence-corrected chi connectivity index (χ0v) is 13.0. The summed E-state index contributed by atoms with van der Waals surface area (Å²) >= 11 is 1.87. The average Bonchev–Trinajstić information content (AvgIpc) is 2.89. The highest BCUT2D eigenvalue weighted by atomic mass is 32.2. The fourth-order valence-corrected chi connectivity index (χ4v) is 2.66. The van der Waals surface area contributed by atoms with E-state index in [0.717, 1.165) is 37.6 Å². The molecule has 1 aromatic rings. The monoisotopic (exact) mass is 293 g/mol. The van der Waals surface area contributed by atoms with Gasteiger partial charge in [0.25, 0.3) is 0 Å². The molecular formula is C15H23N3OS. The van der Waals surface area contributed by atoms with E-state index in [1.165, 1.54) is 11.3 Å². The molecule has 0 saturated heterocycles. The number of hydrogen-bond acceptors (Lipinski definition) is 3. The predicted octanol–water partition coefficient (Wildman–Crippen LogP) is 1.91. The van der Waals surface area contributed by atoms with Crippen LogP contribution in [-0.4, -0.2) is 44.2 Å². The largest absolute Gasteiger partial charge is 0.488 e. The van der Waals surface area contributed by atoms with Crippen LogP contribution in [0.3, 0.4) is 0 Å². The van der Waals surface area contributed by atoms with E-state index < -0.39 is 0 Å². The zero-order valence-electron chi connectivity index (χ0n) is 12.2. The highest BCUT2D eigenvalue weighted by Gasteiger charge is 2.22. The smallest absolute Gasteiger partial charge is 0.191 e. The molecule has 1 heterocycles. The van der Waals surface area contributed by atoms with Crippen molar-refractivity contribution >= 4 is 17.7 Å². The standard InChI is InChI=1S/C15H23N3OS/c1-16-15(17-8-5-9-20-2)18-11-13-10-12-6-3-4-7-14(12)19-13/h3-4,6-7,13H,5,8-11H2,1-2H3,(H2,16,17,18). The van der Waals surface area contributed by atoms with Crippen molar-refractivity contribution in [3.05, 3.63) is 29.8 Å². The third-order valence-corrected chi connectivity index (χ3v) is 3.95. The molecule has 1 atom stereocenters. The van der Waals surface area contributed by atoms with Gasteiger partial charge in [0.15, 0.2) is 5.96 Å². The van der Waals surface area contributed by atoms with E-state index in [1.54, 1.807) is 7.05 Å². The van der Waals surface area contributed by atoms with Crippen LogP contribution in [-0.2, 0) is 6.42 Å². The van der Waals surface area contributed by atoms with Crippen LogP contribution in [0, 0.1) is 0 Å². The second-order valence-electron chi connectivity index (χ2n) is 4.78. The highest BCUT2D eigenvalue weighted by Crippen LogP contribution is 2.27. The van der Waals surface area contributed by atoms with Gasteiger partial charge in [-0.05, 0) is 30.1 Å². The van der Waals surface area contributed by atoms with Crippen LogP contribution in [0.25, 0.3) is 0 Å². The molecule has 2 N–H and O–H groups in total. The van der Waals surface area contributed by atoms with E-state index in [4.69, 9.17) is 4.74 Å². The van der Waals surface area contributed by atoms with Gasteiger partial charge in [0.05, 0.1) is 6.54 Å². The van der Waals surface area contributed by atoms with Gasteiger partial charge in [-0.3, -0.25) is 4.99 Å². The summed E-state index contributed by atoms with van der Waals surface area (Å²) < 4.78 is 5.90. The molecule has 0 radical (unpaired) electrons. The third kappa shape index (κ3) is 4.34. The van der Waals surface area contributed by atoms with Gasteiger partial charge in [-0.2, -0.15) is 11.8 Å². The minimum absolute atomic E-state index is 0.192. The number of guanidine groups is 1. The first-order chi connectivity index (χ1) is 9.83. The van der Waals surface area contributed by atoms with Crippen molar-refractivity contribution < 1.29 is 4.74 Å². The summed E-state index contributed by atoms with van der Waals surface area (Å²) in [6.07, 6.45) is 4.43. The van der Waals surface area contributed by atoms with E-state index in [1.807, 2.05) is 23.9 Å². The first-order valence-electron chi connectivity index (χ1n) is 7.01. The summed E-state index contributed by atoms with van der Waals surface area (Å²) in [6.45, 7) is 1.73. The van der Waals surface area contributed by atoms with Crippen molar-refractivity contribution in [3.63, 3.8) is 0 Å². The Kier molecular flexibility index (Phi) is 6.05. The maximum Gasteiger partial charge on any atom is 0.191 e. The number of ether oxygens (including phenoxy) is 1. The van der Waals surface area contributed by atoms with E-state index >= 15 is 0 Å². The molecule has 0 aromatic heterocycles. The average molecular weight is 293 g/mol. The van der Waals surface area contributed by atoms with Crippen molar-refractivity contribution in [3.8, 4) is 5.75 Å². The van der Waals surface area contributed by atoms with Gasteiger partial charge in [0.1, 0.15) is 11.9 Å². The molecule has 1 unspecified atom stereocenters. The number of benzene rings is 1. The summed E-state index contributed by atoms with van der Waals surface area (Å²) in [4.78, 5) is 4.23. The Morgan fingerprint density at radius 2 is 2.25 bits per heavy atom. The third-order valence-electron chi connectivity index (χ3n) is 3.25. The van der Waals surface area contributed by atoms with Gasteiger partial charge >= 0.3 is 0 Å². The van der Waals surface area contributed by atoms with Crippen molar-refractivity contribution in [2.45, 2.75) is 18.9 Å². The normalized spacial score (nSPS) is 17.5. The molecule has 0 fully saturated rings. The van der Waals surface area contributed by atoms with E-state index in [2.05, 4.69) is 34.0 Å². The Labute approximate surface area is 125 Å². The number of para-hydroxylation sites is 1. The molecule has 1 aliphatic heterocycles. The number of aliphatic imine (C=N–C) groups is 1. The quantitative estimate of drug-likeness (QED) is 0.478. The molecule has 110 valence electrons. The van der Waals surface area contributed by atoms with Crippen LogP contribution in [0.2, 0.25) is 0 Å². The SMILES string of the molecule is CN=C(NCCCSC)NCC1Cc2ccccc2O1. The molecule has 20 heavy (non-hydrogen) atoms. The molecular weight excluding hydrogens is 270 g/mol. The van der Waals surface area contributed by atoms with Crippen molar-refractivity contribution in [1.29, 1.82) is 0 Å². The first kappa shape index (κ1) is 15.0. The Hall–Kier alpha value is -1.36. The number of fused-ring (bicyclic) bond motifs is 1. The maximum absolute atomic E-state index is 5.90. The van der Waals surface area contributed by atoms with Gasteiger partial charge < -0.3 is 15.4 Å². The molecule has 0 bridgehead atoms. The Balaban J connectivity index is 1.70. The van der Waals surface area contributed by atoms with Crippen LogP contribution < -0.4 is 15.4 Å². The first-order valence-corrected chi connectivity index (χ1v) is 8.41. The Morgan fingerprint density at radius 3 is 3.00 bits per heavy atom. The van der Waals surface area contributed by atoms with Gasteiger partial charge in [0, 0.05) is 20.0 Å². The minimum Gasteiger partial charge on any atom is -0.488 e. The second-order valence-corrected chi connectivity index (χ2v) is 5.76. The Morgan fingerprint density at radius 1 is 1.40 bits per heavy atom. The van der Waals surface area contributed by atoms with Gasteiger partial charge in [-0.1, -0.05) is 18.2 Å². The lowest BCUT2D eigenvalue weighted by Gasteiger charge is -2.15. The number of thioether (sulfide) groups is 1. The van der Waals surface area contributed by atoms with E-state index in [0.29, 0.717) is 0 Å². The van der Waals surface area contributed by atoms with E-state index in [9.17, 15) is 0 Å². The number of hydrogen-bond donors (Lipinski definition) is 2. The zero-order chi connectivity index (χ0) is 14.2. The molecule has 0 amide bonds. The summed E-state index contributed by atoms with van der Waals surface area (Å²) in [5.41, 5.74) is 1.29. The summed E-state index contributed by atoms with van der Waals surface area (Å²) in [6, 6.07) is 8.24. The molecule has 2 rings (SSSR count). The van der Waals surface area contributed by atoms with Crippen LogP contribution in [0.1, 0.15) is 12.0 Å². The molecule has 0 saturated carbocycles. The van der Waals surface area contributed by atoms with Crippen LogP contribution in [0.4, 0.5) is 0 Å². The van der Waals surface area contributed by atoms with Crippen LogP contribution in [0.5, 0.6) is 5.75 Å². The fourth-order valence-electron chi connectivity index (χ4n) is 2.22. The van der Waals surface area contributed by atoms with Crippen LogP contribution in [0.15, 0.2) is 29.3 Å². The molecule has 1 aliphatic rings. The number of nitrogens with zero attached hydrogens (tertiary/aromatic N) is 1. The van der Waals surface area contributed by atoms with Crippen molar-refractivity contribution in [2.75, 3.05) is 32.1 Å². The molecule has 1 aromatic carbocycles. The number of nitrogens with one attached hydrogen (secondary N) is 2. The number of rotatable bonds is 6. The second kappa shape index (κ2) is 8.04. The topological polar surface area (TPSA) is 45.7 Å². The summed E-state index contributed by atoms with van der Waals surface area (Å²) in [5, 5.41) is 6.65. The molecule has 0 spiro atoms. The predicted molar refractivity (Wildman–Crippen MR) is 86.9 cm³/mol. The lowest BCUT2D eigenvalue weighted by atomic mass is 10.1. The minimum atomic E-state index is 0.192. The molecule has 4 nitrogen and oxygen atoms in total. The van der Waals surface area contributed by atoms with Crippen molar-refractivity contribution in [2.24, 2.45) is 4.99 Å². The lowest BCUT2D eigenvalue weighted by molar-refractivity contribution is 0.235. The lowest BCUT2D eigenvalue weighted by Crippen LogP contribution is -2.42. The summed E-state index contributed by atoms with van der Waals surface area (Å²) in [5.74, 6) is 3.04. The molecule has 5 heteroatoms. The Bertz CT molecular complexity index is 425.